The first kappa shape index (κ1) is 17.5. The van der Waals surface area contributed by atoms with Gasteiger partial charge in [0.25, 0.3) is 0 Å². The molecule has 0 amide bonds. The summed E-state index contributed by atoms with van der Waals surface area (Å²) in [7, 11) is 0. The standard InChI is InChI=1S/C9H8F5NO3.ClH/c10-8(11,9(12,13)14)7(15)3-1-2-4(16)6(18)5(3)17;/h1-2,7,16-18H,15H2;1H/t7-;/m1./s1. The van der Waals surface area contributed by atoms with E-state index in [-0.39, 0.29) is 12.4 Å². The molecule has 0 aromatic heterocycles. The maximum atomic E-state index is 12.9. The Balaban J connectivity index is 0.00000324. The van der Waals surface area contributed by atoms with Crippen molar-refractivity contribution in [2.45, 2.75) is 18.1 Å². The number of hydrogen-bond acceptors (Lipinski definition) is 4. The molecule has 1 aromatic rings. The highest BCUT2D eigenvalue weighted by Crippen LogP contribution is 2.48. The minimum absolute atomic E-state index is 0. The lowest BCUT2D eigenvalue weighted by Crippen LogP contribution is -2.45. The van der Waals surface area contributed by atoms with Gasteiger partial charge in [-0.1, -0.05) is 0 Å². The molecule has 1 atom stereocenters. The van der Waals surface area contributed by atoms with Crippen LogP contribution in [-0.4, -0.2) is 27.4 Å². The molecule has 0 saturated heterocycles. The fourth-order valence-electron chi connectivity index (χ4n) is 1.21. The van der Waals surface area contributed by atoms with E-state index in [2.05, 4.69) is 0 Å². The molecule has 0 saturated carbocycles. The Hall–Kier alpha value is -1.48. The summed E-state index contributed by atoms with van der Waals surface area (Å²) in [6.07, 6.45) is -5.91. The molecule has 0 aliphatic carbocycles. The quantitative estimate of drug-likeness (QED) is 0.499. The minimum atomic E-state index is -5.91. The second-order valence-corrected chi connectivity index (χ2v) is 3.47. The first-order valence-electron chi connectivity index (χ1n) is 4.44. The lowest BCUT2D eigenvalue weighted by atomic mass is 9.99. The lowest BCUT2D eigenvalue weighted by Gasteiger charge is -2.26. The fraction of sp³-hybridized carbons (Fsp3) is 0.333. The normalized spacial score (nSPS) is 13.8. The summed E-state index contributed by atoms with van der Waals surface area (Å²) >= 11 is 0. The topological polar surface area (TPSA) is 86.7 Å². The molecule has 0 radical (unpaired) electrons. The molecule has 110 valence electrons. The van der Waals surface area contributed by atoms with Crippen molar-refractivity contribution < 1.29 is 37.3 Å². The Morgan fingerprint density at radius 2 is 1.42 bits per heavy atom. The van der Waals surface area contributed by atoms with Crippen LogP contribution in [0, 0.1) is 0 Å². The first-order valence-corrected chi connectivity index (χ1v) is 4.44. The summed E-state index contributed by atoms with van der Waals surface area (Å²) < 4.78 is 62.0. The third kappa shape index (κ3) is 2.92. The Bertz CT molecular complexity index is 466. The van der Waals surface area contributed by atoms with Gasteiger partial charge in [0.1, 0.15) is 6.04 Å². The van der Waals surface area contributed by atoms with Crippen LogP contribution in [0.2, 0.25) is 0 Å². The van der Waals surface area contributed by atoms with Crippen molar-refractivity contribution in [1.29, 1.82) is 0 Å². The summed E-state index contributed by atoms with van der Waals surface area (Å²) in [6, 6.07) is -1.71. The van der Waals surface area contributed by atoms with Crippen molar-refractivity contribution in [2.75, 3.05) is 0 Å². The van der Waals surface area contributed by atoms with E-state index in [0.717, 1.165) is 0 Å². The van der Waals surface area contributed by atoms with Gasteiger partial charge in [-0.05, 0) is 12.1 Å². The zero-order valence-electron chi connectivity index (χ0n) is 8.95. The Morgan fingerprint density at radius 1 is 0.947 bits per heavy atom. The van der Waals surface area contributed by atoms with Crippen LogP contribution in [0.4, 0.5) is 22.0 Å². The molecule has 10 heteroatoms. The number of benzene rings is 1. The van der Waals surface area contributed by atoms with Gasteiger partial charge >= 0.3 is 12.1 Å². The van der Waals surface area contributed by atoms with Crippen molar-refractivity contribution in [2.24, 2.45) is 5.73 Å². The number of alkyl halides is 5. The number of aromatic hydroxyl groups is 3. The second kappa shape index (κ2) is 5.25. The highest BCUT2D eigenvalue weighted by molar-refractivity contribution is 5.85. The Labute approximate surface area is 109 Å². The number of hydrogen-bond donors (Lipinski definition) is 4. The molecule has 1 aromatic carbocycles. The first-order chi connectivity index (χ1) is 8.00. The van der Waals surface area contributed by atoms with Crippen LogP contribution in [0.25, 0.3) is 0 Å². The predicted octanol–water partition coefficient (Wildman–Crippen LogP) is 2.42. The van der Waals surface area contributed by atoms with Crippen molar-refractivity contribution in [3.8, 4) is 17.2 Å². The van der Waals surface area contributed by atoms with Crippen molar-refractivity contribution in [3.63, 3.8) is 0 Å². The third-order valence-corrected chi connectivity index (χ3v) is 2.26. The van der Waals surface area contributed by atoms with Crippen LogP contribution < -0.4 is 5.73 Å². The van der Waals surface area contributed by atoms with Crippen LogP contribution in [0.15, 0.2) is 12.1 Å². The SMILES string of the molecule is Cl.N[C@H](c1ccc(O)c(O)c1O)C(F)(F)C(F)(F)F. The van der Waals surface area contributed by atoms with Gasteiger partial charge in [-0.3, -0.25) is 0 Å². The van der Waals surface area contributed by atoms with Crippen LogP contribution in [0.1, 0.15) is 11.6 Å². The zero-order valence-corrected chi connectivity index (χ0v) is 9.77. The van der Waals surface area contributed by atoms with E-state index < -0.39 is 41.0 Å². The summed E-state index contributed by atoms with van der Waals surface area (Å²) in [4.78, 5) is 0. The van der Waals surface area contributed by atoms with Crippen LogP contribution >= 0.6 is 12.4 Å². The Morgan fingerprint density at radius 3 is 1.84 bits per heavy atom. The van der Waals surface area contributed by atoms with E-state index in [4.69, 9.17) is 15.9 Å². The molecule has 0 bridgehead atoms. The van der Waals surface area contributed by atoms with Crippen LogP contribution in [0.5, 0.6) is 17.2 Å². The fourth-order valence-corrected chi connectivity index (χ4v) is 1.21. The lowest BCUT2D eigenvalue weighted by molar-refractivity contribution is -0.291. The van der Waals surface area contributed by atoms with E-state index in [1.807, 2.05) is 0 Å². The van der Waals surface area contributed by atoms with Crippen molar-refractivity contribution in [1.82, 2.24) is 0 Å². The summed E-state index contributed by atoms with van der Waals surface area (Å²) in [5, 5.41) is 27.1. The molecular weight excluding hydrogens is 301 g/mol. The van der Waals surface area contributed by atoms with Gasteiger partial charge in [-0.2, -0.15) is 22.0 Å². The van der Waals surface area contributed by atoms with Crippen LogP contribution in [0.3, 0.4) is 0 Å². The minimum Gasteiger partial charge on any atom is -0.504 e. The van der Waals surface area contributed by atoms with E-state index in [1.54, 1.807) is 0 Å². The number of phenolic OH excluding ortho intramolecular Hbond substituents is 3. The van der Waals surface area contributed by atoms with Gasteiger partial charge < -0.3 is 21.1 Å². The largest absolute Gasteiger partial charge is 0.504 e. The van der Waals surface area contributed by atoms with Gasteiger partial charge in [0.2, 0.25) is 5.75 Å². The summed E-state index contributed by atoms with van der Waals surface area (Å²) in [5.41, 5.74) is 3.72. The van der Waals surface area contributed by atoms with Gasteiger partial charge in [-0.25, -0.2) is 0 Å². The molecule has 5 N–H and O–H groups in total. The molecule has 0 fully saturated rings. The molecule has 0 unspecified atom stereocenters. The number of nitrogens with two attached hydrogens (primary N) is 1. The number of phenols is 3. The van der Waals surface area contributed by atoms with Gasteiger partial charge in [-0.15, -0.1) is 12.4 Å². The molecule has 19 heavy (non-hydrogen) atoms. The smallest absolute Gasteiger partial charge is 0.455 e. The average Bonchev–Trinajstić information content (AvgIpc) is 2.24. The second-order valence-electron chi connectivity index (χ2n) is 3.47. The monoisotopic (exact) mass is 309 g/mol. The average molecular weight is 310 g/mol. The maximum Gasteiger partial charge on any atom is 0.455 e. The van der Waals surface area contributed by atoms with Crippen molar-refractivity contribution >= 4 is 12.4 Å². The zero-order chi connectivity index (χ0) is 14.3. The molecular formula is C9H9ClF5NO3. The number of rotatable bonds is 2. The maximum absolute atomic E-state index is 12.9. The van der Waals surface area contributed by atoms with E-state index >= 15 is 0 Å². The van der Waals surface area contributed by atoms with Gasteiger partial charge in [0.15, 0.2) is 11.5 Å². The predicted molar refractivity (Wildman–Crippen MR) is 56.6 cm³/mol. The molecule has 1 rings (SSSR count). The molecule has 0 heterocycles. The summed E-state index contributed by atoms with van der Waals surface area (Å²) in [6.45, 7) is 0. The third-order valence-electron chi connectivity index (χ3n) is 2.26. The molecule has 0 spiro atoms. The molecule has 0 aliphatic rings. The molecule has 0 aliphatic heterocycles. The van der Waals surface area contributed by atoms with Crippen LogP contribution in [-0.2, 0) is 0 Å². The Kier molecular flexibility index (Phi) is 4.84. The van der Waals surface area contributed by atoms with E-state index in [1.165, 1.54) is 0 Å². The van der Waals surface area contributed by atoms with E-state index in [9.17, 15) is 27.1 Å². The molecule has 4 nitrogen and oxygen atoms in total. The van der Waals surface area contributed by atoms with E-state index in [0.29, 0.717) is 12.1 Å². The summed E-state index contributed by atoms with van der Waals surface area (Å²) in [5.74, 6) is -8.72. The highest BCUT2D eigenvalue weighted by atomic mass is 35.5. The number of halogens is 6. The van der Waals surface area contributed by atoms with Gasteiger partial charge in [0.05, 0.1) is 0 Å². The highest BCUT2D eigenvalue weighted by Gasteiger charge is 2.62. The van der Waals surface area contributed by atoms with Crippen molar-refractivity contribution in [3.05, 3.63) is 17.7 Å². The van der Waals surface area contributed by atoms with Gasteiger partial charge in [0, 0.05) is 5.56 Å².